The summed E-state index contributed by atoms with van der Waals surface area (Å²) in [5.41, 5.74) is 0. The molecule has 0 aliphatic carbocycles. The summed E-state index contributed by atoms with van der Waals surface area (Å²) >= 11 is 11.2. The van der Waals surface area contributed by atoms with Gasteiger partial charge in [0.1, 0.15) is 0 Å². The fourth-order valence-corrected chi connectivity index (χ4v) is 2.88. The van der Waals surface area contributed by atoms with Gasteiger partial charge >= 0.3 is 0 Å². The predicted molar refractivity (Wildman–Crippen MR) is 63.9 cm³/mol. The van der Waals surface area contributed by atoms with Crippen LogP contribution in [0.2, 0.25) is 5.02 Å². The zero-order valence-electron chi connectivity index (χ0n) is 7.10. The molecular formula is C10H8BrClS. The number of hydrogen-bond donors (Lipinski definition) is 0. The predicted octanol–water partition coefficient (Wildman–Crippen LogP) is 4.88. The highest BCUT2D eigenvalue weighted by Crippen LogP contribution is 2.33. The van der Waals surface area contributed by atoms with Crippen LogP contribution in [0.1, 0.15) is 11.8 Å². The first-order valence-corrected chi connectivity index (χ1v) is 6.07. The average molecular weight is 276 g/mol. The Labute approximate surface area is 94.7 Å². The Balaban J connectivity index is 2.70. The van der Waals surface area contributed by atoms with Gasteiger partial charge in [0.15, 0.2) is 0 Å². The summed E-state index contributed by atoms with van der Waals surface area (Å²) in [5, 5.41) is 2.06. The molecule has 1 aromatic heterocycles. The Bertz CT molecular complexity index is 408. The number of thiophene rings is 1. The van der Waals surface area contributed by atoms with Crippen molar-refractivity contribution in [2.24, 2.45) is 0 Å². The monoisotopic (exact) mass is 274 g/mol. The van der Waals surface area contributed by atoms with E-state index in [-0.39, 0.29) is 0 Å². The summed E-state index contributed by atoms with van der Waals surface area (Å²) in [4.78, 5) is 1.41. The summed E-state index contributed by atoms with van der Waals surface area (Å²) in [6.07, 6.45) is 1.09. The van der Waals surface area contributed by atoms with E-state index in [0.717, 1.165) is 15.9 Å². The van der Waals surface area contributed by atoms with Crippen LogP contribution < -0.4 is 0 Å². The smallest absolute Gasteiger partial charge is 0.0562 e. The van der Waals surface area contributed by atoms with Crippen LogP contribution >= 0.6 is 38.9 Å². The molecule has 1 heterocycles. The lowest BCUT2D eigenvalue weighted by molar-refractivity contribution is 1.19. The maximum atomic E-state index is 6.00. The minimum atomic E-state index is 0.789. The first kappa shape index (κ1) is 9.50. The molecule has 0 bridgehead atoms. The molecule has 2 rings (SSSR count). The first-order valence-electron chi connectivity index (χ1n) is 4.08. The third kappa shape index (κ3) is 1.76. The van der Waals surface area contributed by atoms with Gasteiger partial charge < -0.3 is 0 Å². The molecule has 0 nitrogen and oxygen atoms in total. The van der Waals surface area contributed by atoms with Gasteiger partial charge in [0, 0.05) is 14.0 Å². The molecule has 0 aliphatic heterocycles. The van der Waals surface area contributed by atoms with Crippen LogP contribution in [0.15, 0.2) is 22.7 Å². The SMILES string of the molecule is CCc1cc2cc(Br)c(Cl)cc2s1. The van der Waals surface area contributed by atoms with E-state index in [1.165, 1.54) is 15.0 Å². The maximum Gasteiger partial charge on any atom is 0.0562 e. The van der Waals surface area contributed by atoms with Gasteiger partial charge in [-0.2, -0.15) is 0 Å². The van der Waals surface area contributed by atoms with E-state index in [2.05, 4.69) is 35.0 Å². The van der Waals surface area contributed by atoms with Crippen LogP contribution in [0, 0.1) is 0 Å². The first-order chi connectivity index (χ1) is 6.20. The highest BCUT2D eigenvalue weighted by Gasteiger charge is 2.03. The minimum absolute atomic E-state index is 0.789. The number of halogens is 2. The van der Waals surface area contributed by atoms with Crippen molar-refractivity contribution in [2.75, 3.05) is 0 Å². The van der Waals surface area contributed by atoms with Crippen molar-refractivity contribution in [1.29, 1.82) is 0 Å². The van der Waals surface area contributed by atoms with Crippen LogP contribution in [0.3, 0.4) is 0 Å². The molecule has 2 aromatic rings. The second-order valence-corrected chi connectivity index (χ2v) is 5.30. The Kier molecular flexibility index (Phi) is 2.63. The number of fused-ring (bicyclic) bond motifs is 1. The fourth-order valence-electron chi connectivity index (χ4n) is 1.26. The molecule has 0 aliphatic rings. The molecule has 0 saturated carbocycles. The van der Waals surface area contributed by atoms with Crippen LogP contribution in [-0.4, -0.2) is 0 Å². The van der Waals surface area contributed by atoms with Gasteiger partial charge in [0.25, 0.3) is 0 Å². The lowest BCUT2D eigenvalue weighted by Crippen LogP contribution is -1.67. The van der Waals surface area contributed by atoms with Crippen LogP contribution in [-0.2, 0) is 6.42 Å². The van der Waals surface area contributed by atoms with Gasteiger partial charge in [-0.3, -0.25) is 0 Å². The van der Waals surface area contributed by atoms with Crippen molar-refractivity contribution < 1.29 is 0 Å². The van der Waals surface area contributed by atoms with Gasteiger partial charge in [0.2, 0.25) is 0 Å². The Morgan fingerprint density at radius 2 is 2.15 bits per heavy atom. The topological polar surface area (TPSA) is 0 Å². The van der Waals surface area contributed by atoms with Crippen molar-refractivity contribution in [3.63, 3.8) is 0 Å². The van der Waals surface area contributed by atoms with Gasteiger partial charge in [-0.25, -0.2) is 0 Å². The molecule has 0 unspecified atom stereocenters. The maximum absolute atomic E-state index is 6.00. The fraction of sp³-hybridized carbons (Fsp3) is 0.200. The normalized spacial score (nSPS) is 11.0. The van der Waals surface area contributed by atoms with Crippen LogP contribution in [0.5, 0.6) is 0 Å². The second kappa shape index (κ2) is 3.60. The molecule has 68 valence electrons. The molecule has 0 N–H and O–H groups in total. The number of hydrogen-bond acceptors (Lipinski definition) is 1. The van der Waals surface area contributed by atoms with E-state index in [9.17, 15) is 0 Å². The van der Waals surface area contributed by atoms with Gasteiger partial charge in [-0.15, -0.1) is 11.3 Å². The third-order valence-corrected chi connectivity index (χ3v) is 4.40. The summed E-state index contributed by atoms with van der Waals surface area (Å²) in [6.45, 7) is 2.17. The summed E-state index contributed by atoms with van der Waals surface area (Å²) in [5.74, 6) is 0. The third-order valence-electron chi connectivity index (χ3n) is 1.96. The standard InChI is InChI=1S/C10H8BrClS/c1-2-7-3-6-4-8(11)9(12)5-10(6)13-7/h3-5H,2H2,1H3. The highest BCUT2D eigenvalue weighted by molar-refractivity contribution is 9.10. The highest BCUT2D eigenvalue weighted by atomic mass is 79.9. The van der Waals surface area contributed by atoms with E-state index < -0.39 is 0 Å². The van der Waals surface area contributed by atoms with Crippen molar-refractivity contribution in [1.82, 2.24) is 0 Å². The largest absolute Gasteiger partial charge is 0.140 e. The molecular weight excluding hydrogens is 268 g/mol. The van der Waals surface area contributed by atoms with Gasteiger partial charge in [0.05, 0.1) is 5.02 Å². The zero-order chi connectivity index (χ0) is 9.42. The lowest BCUT2D eigenvalue weighted by Gasteiger charge is -1.94. The molecule has 0 atom stereocenters. The second-order valence-electron chi connectivity index (χ2n) is 2.87. The molecule has 0 saturated heterocycles. The molecule has 0 fully saturated rings. The van der Waals surface area contributed by atoms with E-state index in [1.54, 1.807) is 0 Å². The molecule has 1 aromatic carbocycles. The minimum Gasteiger partial charge on any atom is -0.140 e. The Hall–Kier alpha value is -0.0500. The van der Waals surface area contributed by atoms with Crippen molar-refractivity contribution in [3.05, 3.63) is 32.6 Å². The molecule has 0 amide bonds. The van der Waals surface area contributed by atoms with Crippen molar-refractivity contribution in [3.8, 4) is 0 Å². The summed E-state index contributed by atoms with van der Waals surface area (Å²) in [7, 11) is 0. The van der Waals surface area contributed by atoms with E-state index in [1.807, 2.05) is 17.4 Å². The van der Waals surface area contributed by atoms with Gasteiger partial charge in [-0.05, 0) is 45.9 Å². The average Bonchev–Trinajstić information content (AvgIpc) is 2.48. The quantitative estimate of drug-likeness (QED) is 0.696. The van der Waals surface area contributed by atoms with E-state index in [0.29, 0.717) is 0 Å². The van der Waals surface area contributed by atoms with Gasteiger partial charge in [-0.1, -0.05) is 18.5 Å². The summed E-state index contributed by atoms with van der Waals surface area (Å²) in [6, 6.07) is 6.32. The zero-order valence-corrected chi connectivity index (χ0v) is 10.3. The van der Waals surface area contributed by atoms with E-state index in [4.69, 9.17) is 11.6 Å². The van der Waals surface area contributed by atoms with Crippen LogP contribution in [0.4, 0.5) is 0 Å². The molecule has 13 heavy (non-hydrogen) atoms. The Morgan fingerprint density at radius 1 is 1.38 bits per heavy atom. The van der Waals surface area contributed by atoms with Crippen molar-refractivity contribution >= 4 is 49.0 Å². The van der Waals surface area contributed by atoms with E-state index >= 15 is 0 Å². The Morgan fingerprint density at radius 3 is 2.85 bits per heavy atom. The summed E-state index contributed by atoms with van der Waals surface area (Å²) < 4.78 is 2.24. The number of rotatable bonds is 1. The molecule has 0 spiro atoms. The van der Waals surface area contributed by atoms with Crippen molar-refractivity contribution in [2.45, 2.75) is 13.3 Å². The lowest BCUT2D eigenvalue weighted by atomic mass is 10.2. The number of benzene rings is 1. The molecule has 0 radical (unpaired) electrons. The molecule has 3 heteroatoms. The number of aryl methyl sites for hydroxylation is 1. The van der Waals surface area contributed by atoms with Crippen LogP contribution in [0.25, 0.3) is 10.1 Å².